The number of carbonyl (C=O) groups excluding carboxylic acids is 1. The van der Waals surface area contributed by atoms with Gasteiger partial charge in [-0.2, -0.15) is 5.10 Å². The Hall–Kier alpha value is -0.820. The molecule has 1 aliphatic carbocycles. The largest absolute Gasteiger partial charge is 0.314 e. The van der Waals surface area contributed by atoms with Crippen LogP contribution in [0.4, 0.5) is 5.82 Å². The zero-order valence-electron chi connectivity index (χ0n) is 14.9. The van der Waals surface area contributed by atoms with Gasteiger partial charge in [-0.05, 0) is 25.7 Å². The van der Waals surface area contributed by atoms with Crippen LogP contribution in [0.1, 0.15) is 39.0 Å². The molecule has 1 saturated heterocycles. The van der Waals surface area contributed by atoms with E-state index in [0.29, 0.717) is 18.5 Å². The minimum atomic E-state index is 0. The first kappa shape index (κ1) is 22.2. The van der Waals surface area contributed by atoms with Crippen LogP contribution in [0.25, 0.3) is 0 Å². The van der Waals surface area contributed by atoms with E-state index in [1.54, 1.807) is 6.20 Å². The van der Waals surface area contributed by atoms with E-state index in [1.165, 1.54) is 32.1 Å². The molecule has 2 N–H and O–H groups in total. The zero-order chi connectivity index (χ0) is 16.1. The van der Waals surface area contributed by atoms with Crippen LogP contribution in [0, 0.1) is 5.92 Å². The predicted molar refractivity (Wildman–Crippen MR) is 106 cm³/mol. The third kappa shape index (κ3) is 6.44. The lowest BCUT2D eigenvalue weighted by Gasteiger charge is -2.33. The Balaban J connectivity index is 0.00000156. The number of hydrogen-bond acceptors (Lipinski definition) is 4. The molecule has 3 rings (SSSR count). The molecule has 1 atom stereocenters. The highest BCUT2D eigenvalue weighted by Crippen LogP contribution is 2.25. The van der Waals surface area contributed by atoms with Crippen LogP contribution >= 0.6 is 24.8 Å². The van der Waals surface area contributed by atoms with Gasteiger partial charge in [-0.15, -0.1) is 24.8 Å². The van der Waals surface area contributed by atoms with Crippen LogP contribution in [0.15, 0.2) is 12.3 Å². The summed E-state index contributed by atoms with van der Waals surface area (Å²) in [6, 6.07) is 2.31. The number of anilines is 1. The summed E-state index contributed by atoms with van der Waals surface area (Å²) in [7, 11) is 0. The number of carbonyl (C=O) groups is 1. The summed E-state index contributed by atoms with van der Waals surface area (Å²) in [5, 5.41) is 10.8. The lowest BCUT2D eigenvalue weighted by Crippen LogP contribution is -2.52. The van der Waals surface area contributed by atoms with Crippen LogP contribution < -0.4 is 10.6 Å². The molecule has 8 heteroatoms. The summed E-state index contributed by atoms with van der Waals surface area (Å²) in [4.78, 5) is 14.6. The molecule has 1 aromatic rings. The molecule has 0 unspecified atom stereocenters. The molecule has 2 fully saturated rings. The number of rotatable bonds is 5. The Labute approximate surface area is 162 Å². The van der Waals surface area contributed by atoms with E-state index < -0.39 is 0 Å². The van der Waals surface area contributed by atoms with E-state index in [-0.39, 0.29) is 30.7 Å². The van der Waals surface area contributed by atoms with Gasteiger partial charge < -0.3 is 10.6 Å². The Kier molecular flexibility index (Phi) is 9.79. The second kappa shape index (κ2) is 11.0. The van der Waals surface area contributed by atoms with Gasteiger partial charge in [0.15, 0.2) is 0 Å². The first-order chi connectivity index (χ1) is 11.2. The van der Waals surface area contributed by atoms with E-state index in [0.717, 1.165) is 32.0 Å². The summed E-state index contributed by atoms with van der Waals surface area (Å²) in [6.07, 6.45) is 8.37. The zero-order valence-corrected chi connectivity index (χ0v) is 16.6. The number of aromatic nitrogens is 2. The predicted octanol–water partition coefficient (Wildman–Crippen LogP) is 2.54. The van der Waals surface area contributed by atoms with E-state index in [4.69, 9.17) is 0 Å². The molecule has 144 valence electrons. The smallest absolute Gasteiger partial charge is 0.239 e. The van der Waals surface area contributed by atoms with Crippen molar-refractivity contribution in [1.29, 1.82) is 0 Å². The molecule has 2 aliphatic rings. The Bertz CT molecular complexity index is 519. The topological polar surface area (TPSA) is 62.2 Å². The fraction of sp³-hybridized carbons (Fsp3) is 0.765. The summed E-state index contributed by atoms with van der Waals surface area (Å²) in [5.74, 6) is 1.60. The molecular weight excluding hydrogens is 361 g/mol. The molecule has 25 heavy (non-hydrogen) atoms. The highest BCUT2D eigenvalue weighted by atomic mass is 35.5. The van der Waals surface area contributed by atoms with Crippen molar-refractivity contribution in [3.63, 3.8) is 0 Å². The number of hydrogen-bond donors (Lipinski definition) is 2. The average molecular weight is 392 g/mol. The number of nitrogens with one attached hydrogen (secondary N) is 2. The van der Waals surface area contributed by atoms with Gasteiger partial charge in [0.1, 0.15) is 5.82 Å². The van der Waals surface area contributed by atoms with Gasteiger partial charge in [0.25, 0.3) is 0 Å². The second-order valence-electron chi connectivity index (χ2n) is 6.97. The van der Waals surface area contributed by atoms with Crippen LogP contribution in [0.5, 0.6) is 0 Å². The minimum Gasteiger partial charge on any atom is -0.314 e. The van der Waals surface area contributed by atoms with E-state index in [9.17, 15) is 4.79 Å². The fourth-order valence-corrected chi connectivity index (χ4v) is 3.68. The first-order valence-corrected chi connectivity index (χ1v) is 8.99. The van der Waals surface area contributed by atoms with Gasteiger partial charge in [0, 0.05) is 38.3 Å². The van der Waals surface area contributed by atoms with Crippen molar-refractivity contribution in [2.24, 2.45) is 5.92 Å². The van der Waals surface area contributed by atoms with Crippen molar-refractivity contribution in [2.75, 3.05) is 31.5 Å². The van der Waals surface area contributed by atoms with Crippen molar-refractivity contribution in [3.05, 3.63) is 12.3 Å². The standard InChI is InChI=1S/C17H29N5O.2ClH/c1-14-11-18-9-10-21(14)13-17(23)20-16-7-8-19-22(16)12-15-5-3-2-4-6-15;;/h7-8,14-15,18H,2-6,9-13H2,1H3,(H,20,23);2*1H/t14-;;/m0../s1. The number of piperazine rings is 1. The van der Waals surface area contributed by atoms with Crippen LogP contribution in [0.3, 0.4) is 0 Å². The Morgan fingerprint density at radius 1 is 1.32 bits per heavy atom. The molecule has 2 heterocycles. The molecule has 6 nitrogen and oxygen atoms in total. The van der Waals surface area contributed by atoms with E-state index in [1.807, 2.05) is 10.7 Å². The summed E-state index contributed by atoms with van der Waals surface area (Å²) >= 11 is 0. The van der Waals surface area contributed by atoms with Crippen LogP contribution in [0.2, 0.25) is 0 Å². The minimum absolute atomic E-state index is 0. The maximum Gasteiger partial charge on any atom is 0.239 e. The SMILES string of the molecule is C[C@H]1CNCCN1CC(=O)Nc1ccnn1CC1CCCCC1.Cl.Cl. The maximum absolute atomic E-state index is 12.4. The monoisotopic (exact) mass is 391 g/mol. The maximum atomic E-state index is 12.4. The van der Waals surface area contributed by atoms with Crippen LogP contribution in [-0.2, 0) is 11.3 Å². The molecule has 1 amide bonds. The van der Waals surface area contributed by atoms with Crippen LogP contribution in [-0.4, -0.2) is 52.8 Å². The molecule has 0 radical (unpaired) electrons. The van der Waals surface area contributed by atoms with Crippen molar-refractivity contribution >= 4 is 36.5 Å². The summed E-state index contributed by atoms with van der Waals surface area (Å²) in [5.41, 5.74) is 0. The van der Waals surface area contributed by atoms with Gasteiger partial charge in [-0.25, -0.2) is 4.68 Å². The highest BCUT2D eigenvalue weighted by Gasteiger charge is 2.21. The number of halogens is 2. The van der Waals surface area contributed by atoms with Gasteiger partial charge in [0.2, 0.25) is 5.91 Å². The summed E-state index contributed by atoms with van der Waals surface area (Å²) < 4.78 is 1.97. The molecular formula is C17H31Cl2N5O. The normalized spacial score (nSPS) is 21.9. The fourth-order valence-electron chi connectivity index (χ4n) is 3.68. The third-order valence-corrected chi connectivity index (χ3v) is 5.13. The van der Waals surface area contributed by atoms with Gasteiger partial charge >= 0.3 is 0 Å². The average Bonchev–Trinajstić information content (AvgIpc) is 2.97. The van der Waals surface area contributed by atoms with Gasteiger partial charge in [-0.1, -0.05) is 19.3 Å². The number of nitrogens with zero attached hydrogens (tertiary/aromatic N) is 3. The lowest BCUT2D eigenvalue weighted by atomic mass is 9.89. The quantitative estimate of drug-likeness (QED) is 0.809. The molecule has 0 spiro atoms. The first-order valence-electron chi connectivity index (χ1n) is 8.99. The Morgan fingerprint density at radius 2 is 2.08 bits per heavy atom. The Morgan fingerprint density at radius 3 is 2.80 bits per heavy atom. The van der Waals surface area contributed by atoms with Crippen molar-refractivity contribution in [1.82, 2.24) is 20.0 Å². The number of amides is 1. The summed E-state index contributed by atoms with van der Waals surface area (Å²) in [6.45, 7) is 6.37. The van der Waals surface area contributed by atoms with Crippen molar-refractivity contribution in [3.8, 4) is 0 Å². The van der Waals surface area contributed by atoms with Gasteiger partial charge in [0.05, 0.1) is 12.7 Å². The van der Waals surface area contributed by atoms with Gasteiger partial charge in [-0.3, -0.25) is 9.69 Å². The third-order valence-electron chi connectivity index (χ3n) is 5.13. The second-order valence-corrected chi connectivity index (χ2v) is 6.97. The molecule has 1 saturated carbocycles. The molecule has 0 bridgehead atoms. The van der Waals surface area contributed by atoms with E-state index >= 15 is 0 Å². The van der Waals surface area contributed by atoms with E-state index in [2.05, 4.69) is 27.6 Å². The molecule has 1 aliphatic heterocycles. The molecule has 0 aromatic carbocycles. The van der Waals surface area contributed by atoms with Crippen molar-refractivity contribution < 1.29 is 4.79 Å². The lowest BCUT2D eigenvalue weighted by molar-refractivity contribution is -0.118. The molecule has 1 aromatic heterocycles. The van der Waals surface area contributed by atoms with Crippen molar-refractivity contribution in [2.45, 2.75) is 51.6 Å². The highest BCUT2D eigenvalue weighted by molar-refractivity contribution is 5.91.